The van der Waals surface area contributed by atoms with Gasteiger partial charge in [-0.25, -0.2) is 9.59 Å². The van der Waals surface area contributed by atoms with Crippen molar-refractivity contribution in [3.63, 3.8) is 0 Å². The Morgan fingerprint density at radius 1 is 0.879 bits per heavy atom. The fourth-order valence-electron chi connectivity index (χ4n) is 3.91. The number of ether oxygens (including phenoxy) is 2. The lowest BCUT2D eigenvalue weighted by molar-refractivity contribution is -0.148. The molecule has 190 valence electrons. The van der Waals surface area contributed by atoms with E-state index >= 15 is 0 Å². The van der Waals surface area contributed by atoms with Crippen molar-refractivity contribution in [1.82, 2.24) is 4.90 Å². The van der Waals surface area contributed by atoms with Gasteiger partial charge in [0, 0.05) is 6.54 Å². The van der Waals surface area contributed by atoms with Gasteiger partial charge < -0.3 is 9.47 Å². The van der Waals surface area contributed by atoms with E-state index in [1.165, 1.54) is 56.3 Å². The van der Waals surface area contributed by atoms with Crippen LogP contribution in [0.1, 0.15) is 118 Å². The van der Waals surface area contributed by atoms with Crippen molar-refractivity contribution in [2.45, 2.75) is 129 Å². The van der Waals surface area contributed by atoms with Crippen LogP contribution in [0.5, 0.6) is 0 Å². The molecule has 1 rings (SSSR count). The maximum atomic E-state index is 12.4. The van der Waals surface area contributed by atoms with Crippen molar-refractivity contribution in [2.75, 3.05) is 13.2 Å². The molecule has 1 amide bonds. The van der Waals surface area contributed by atoms with E-state index in [-0.39, 0.29) is 5.97 Å². The van der Waals surface area contributed by atoms with E-state index in [2.05, 4.69) is 31.2 Å². The van der Waals surface area contributed by atoms with Crippen molar-refractivity contribution in [3.8, 4) is 0 Å². The van der Waals surface area contributed by atoms with Gasteiger partial charge in [-0.1, -0.05) is 69.8 Å². The molecule has 0 unspecified atom stereocenters. The monoisotopic (exact) mass is 463 g/mol. The zero-order valence-electron chi connectivity index (χ0n) is 21.8. The van der Waals surface area contributed by atoms with E-state index in [0.717, 1.165) is 32.1 Å². The van der Waals surface area contributed by atoms with Gasteiger partial charge in [-0.2, -0.15) is 0 Å². The molecule has 0 aromatic rings. The van der Waals surface area contributed by atoms with E-state index in [0.29, 0.717) is 19.6 Å². The Morgan fingerprint density at radius 3 is 2.12 bits per heavy atom. The summed E-state index contributed by atoms with van der Waals surface area (Å²) in [5, 5.41) is 0. The zero-order valence-corrected chi connectivity index (χ0v) is 21.8. The van der Waals surface area contributed by atoms with Crippen molar-refractivity contribution >= 4 is 12.1 Å². The van der Waals surface area contributed by atoms with E-state index in [9.17, 15) is 9.59 Å². The number of hydrogen-bond donors (Lipinski definition) is 0. The molecule has 0 radical (unpaired) electrons. The molecule has 0 N–H and O–H groups in total. The Labute approximate surface area is 203 Å². The largest absolute Gasteiger partial charge is 0.464 e. The van der Waals surface area contributed by atoms with Gasteiger partial charge in [0.1, 0.15) is 11.6 Å². The van der Waals surface area contributed by atoms with Crippen LogP contribution in [-0.2, 0) is 14.3 Å². The molecule has 1 atom stereocenters. The first kappa shape index (κ1) is 29.3. The highest BCUT2D eigenvalue weighted by molar-refractivity contribution is 5.82. The molecular weight excluding hydrogens is 414 g/mol. The molecule has 0 saturated carbocycles. The van der Waals surface area contributed by atoms with Gasteiger partial charge >= 0.3 is 12.1 Å². The molecule has 1 heterocycles. The Bertz CT molecular complexity index is 591. The number of unbranched alkanes of at least 4 members (excludes halogenated alkanes) is 9. The summed E-state index contributed by atoms with van der Waals surface area (Å²) in [7, 11) is 0. The summed E-state index contributed by atoms with van der Waals surface area (Å²) in [6.07, 6.45) is 24.4. The highest BCUT2D eigenvalue weighted by Crippen LogP contribution is 2.22. The van der Waals surface area contributed by atoms with Gasteiger partial charge in [0.05, 0.1) is 6.61 Å². The van der Waals surface area contributed by atoms with Crippen molar-refractivity contribution in [1.29, 1.82) is 0 Å². The van der Waals surface area contributed by atoms with Gasteiger partial charge in [0.2, 0.25) is 0 Å². The first-order chi connectivity index (χ1) is 15.8. The zero-order chi connectivity index (χ0) is 24.4. The lowest BCUT2D eigenvalue weighted by Crippen LogP contribution is -2.44. The number of amides is 1. The molecule has 1 fully saturated rings. The molecule has 0 aromatic heterocycles. The molecule has 1 aliphatic heterocycles. The summed E-state index contributed by atoms with van der Waals surface area (Å²) < 4.78 is 10.9. The van der Waals surface area contributed by atoms with Gasteiger partial charge in [-0.3, -0.25) is 4.90 Å². The second-order valence-corrected chi connectivity index (χ2v) is 10.1. The summed E-state index contributed by atoms with van der Waals surface area (Å²) in [6, 6.07) is -0.496. The van der Waals surface area contributed by atoms with Crippen LogP contribution in [0.4, 0.5) is 4.79 Å². The minimum atomic E-state index is -0.560. The lowest BCUT2D eigenvalue weighted by Gasteiger charge is -2.27. The van der Waals surface area contributed by atoms with E-state index < -0.39 is 17.7 Å². The fraction of sp³-hybridized carbons (Fsp3) is 0.786. The SMILES string of the molecule is CCCCC/C=C\C/C=C\CCCCCCCCOC(=O)[C@@H]1CCCN1C(=O)OC(C)(C)C. The van der Waals surface area contributed by atoms with Crippen molar-refractivity contribution in [3.05, 3.63) is 24.3 Å². The Morgan fingerprint density at radius 2 is 1.48 bits per heavy atom. The predicted octanol–water partition coefficient (Wildman–Crippen LogP) is 7.74. The van der Waals surface area contributed by atoms with Crippen LogP contribution in [0.2, 0.25) is 0 Å². The van der Waals surface area contributed by atoms with E-state index in [1.807, 2.05) is 20.8 Å². The number of hydrogen-bond acceptors (Lipinski definition) is 4. The third kappa shape index (κ3) is 14.9. The topological polar surface area (TPSA) is 55.8 Å². The summed E-state index contributed by atoms with van der Waals surface area (Å²) in [5.74, 6) is -0.291. The molecular formula is C28H49NO4. The number of likely N-dealkylation sites (tertiary alicyclic amines) is 1. The van der Waals surface area contributed by atoms with E-state index in [1.54, 1.807) is 0 Å². The van der Waals surface area contributed by atoms with Crippen LogP contribution in [0, 0.1) is 0 Å². The highest BCUT2D eigenvalue weighted by Gasteiger charge is 2.37. The number of carbonyl (C=O) groups excluding carboxylic acids is 2. The average molecular weight is 464 g/mol. The first-order valence-electron chi connectivity index (χ1n) is 13.3. The second kappa shape index (κ2) is 17.7. The quantitative estimate of drug-likeness (QED) is 0.133. The van der Waals surface area contributed by atoms with Crippen LogP contribution < -0.4 is 0 Å². The Kier molecular flexibility index (Phi) is 15.7. The maximum absolute atomic E-state index is 12.4. The maximum Gasteiger partial charge on any atom is 0.411 e. The number of allylic oxidation sites excluding steroid dienone is 4. The Balaban J connectivity index is 2.00. The number of carbonyl (C=O) groups is 2. The van der Waals surface area contributed by atoms with E-state index in [4.69, 9.17) is 9.47 Å². The molecule has 5 nitrogen and oxygen atoms in total. The molecule has 5 heteroatoms. The van der Waals surface area contributed by atoms with Crippen LogP contribution in [0.3, 0.4) is 0 Å². The van der Waals surface area contributed by atoms with Gasteiger partial charge in [0.25, 0.3) is 0 Å². The van der Waals surface area contributed by atoms with Gasteiger partial charge in [-0.15, -0.1) is 0 Å². The lowest BCUT2D eigenvalue weighted by atomic mass is 10.1. The number of rotatable bonds is 16. The number of esters is 1. The van der Waals surface area contributed by atoms with Crippen molar-refractivity contribution in [2.24, 2.45) is 0 Å². The molecule has 1 aliphatic rings. The highest BCUT2D eigenvalue weighted by atomic mass is 16.6. The van der Waals surface area contributed by atoms with Gasteiger partial charge in [-0.05, 0) is 72.1 Å². The smallest absolute Gasteiger partial charge is 0.411 e. The van der Waals surface area contributed by atoms with Crippen LogP contribution in [0.25, 0.3) is 0 Å². The minimum absolute atomic E-state index is 0.291. The fourth-order valence-corrected chi connectivity index (χ4v) is 3.91. The summed E-state index contributed by atoms with van der Waals surface area (Å²) in [5.41, 5.74) is -0.560. The van der Waals surface area contributed by atoms with Crippen molar-refractivity contribution < 1.29 is 19.1 Å². The molecule has 0 spiro atoms. The third-order valence-electron chi connectivity index (χ3n) is 5.74. The summed E-state index contributed by atoms with van der Waals surface area (Å²) >= 11 is 0. The third-order valence-corrected chi connectivity index (χ3v) is 5.74. The molecule has 1 saturated heterocycles. The molecule has 0 bridgehead atoms. The molecule has 0 aliphatic carbocycles. The second-order valence-electron chi connectivity index (χ2n) is 10.1. The van der Waals surface area contributed by atoms with Crippen LogP contribution >= 0.6 is 0 Å². The minimum Gasteiger partial charge on any atom is -0.464 e. The summed E-state index contributed by atoms with van der Waals surface area (Å²) in [4.78, 5) is 26.2. The Hall–Kier alpha value is -1.78. The standard InChI is InChI=1S/C28H49NO4/c1-5-6-7-8-9-10-11-12-13-14-15-16-17-18-19-20-24-32-26(30)25-22-21-23-29(25)27(31)33-28(2,3)4/h9-10,12-13,25H,5-8,11,14-24H2,1-4H3/b10-9-,13-12-/t25-/m0/s1. The first-order valence-corrected chi connectivity index (χ1v) is 13.3. The molecule has 0 aromatic carbocycles. The number of nitrogens with zero attached hydrogens (tertiary/aromatic N) is 1. The summed E-state index contributed by atoms with van der Waals surface area (Å²) in [6.45, 7) is 8.73. The van der Waals surface area contributed by atoms with Crippen LogP contribution in [0.15, 0.2) is 24.3 Å². The van der Waals surface area contributed by atoms with Crippen LogP contribution in [-0.4, -0.2) is 41.8 Å². The predicted molar refractivity (Wildman–Crippen MR) is 136 cm³/mol. The molecule has 33 heavy (non-hydrogen) atoms. The van der Waals surface area contributed by atoms with Gasteiger partial charge in [0.15, 0.2) is 0 Å². The normalized spacial score (nSPS) is 16.7. The average Bonchev–Trinajstić information content (AvgIpc) is 3.25.